The Bertz CT molecular complexity index is 601. The molecule has 0 aromatic heterocycles. The number of carbonyl (C=O) groups excluding carboxylic acids is 1. The smallest absolute Gasteiger partial charge is 0.224 e. The van der Waals surface area contributed by atoms with Crippen LogP contribution in [-0.4, -0.2) is 29.6 Å². The number of amides is 1. The number of hydrogen-bond donors (Lipinski definition) is 1. The largest absolute Gasteiger partial charge is 0.493 e. The van der Waals surface area contributed by atoms with Crippen LogP contribution in [0.4, 0.5) is 0 Å². The second kappa shape index (κ2) is 7.06. The van der Waals surface area contributed by atoms with E-state index in [2.05, 4.69) is 24.4 Å². The lowest BCUT2D eigenvalue weighted by molar-refractivity contribution is -0.122. The fraction of sp³-hybridized carbons (Fsp3) is 0.529. The summed E-state index contributed by atoms with van der Waals surface area (Å²) in [5.41, 5.74) is 2.75. The minimum absolute atomic E-state index is 0.119. The monoisotopic (exact) mass is 318 g/mol. The molecule has 118 valence electrons. The predicted octanol–water partition coefficient (Wildman–Crippen LogP) is 2.90. The molecule has 5 heteroatoms. The highest BCUT2D eigenvalue weighted by Gasteiger charge is 2.35. The molecule has 1 aliphatic heterocycles. The fourth-order valence-electron chi connectivity index (χ4n) is 2.51. The van der Waals surface area contributed by atoms with Crippen molar-refractivity contribution >= 4 is 17.7 Å². The highest BCUT2D eigenvalue weighted by molar-refractivity contribution is 7.99. The minimum Gasteiger partial charge on any atom is -0.493 e. The maximum absolute atomic E-state index is 12.0. The van der Waals surface area contributed by atoms with Gasteiger partial charge in [-0.05, 0) is 55.7 Å². The number of nitrogens with zero attached hydrogens (tertiary/aromatic N) is 1. The summed E-state index contributed by atoms with van der Waals surface area (Å²) in [6, 6.07) is 6.35. The van der Waals surface area contributed by atoms with Crippen LogP contribution in [0, 0.1) is 32.1 Å². The molecule has 1 aromatic rings. The van der Waals surface area contributed by atoms with E-state index in [1.54, 1.807) is 11.8 Å². The summed E-state index contributed by atoms with van der Waals surface area (Å²) >= 11 is 1.70. The van der Waals surface area contributed by atoms with Crippen LogP contribution in [0.2, 0.25) is 0 Å². The third-order valence-corrected chi connectivity index (χ3v) is 5.15. The van der Waals surface area contributed by atoms with Crippen LogP contribution in [0.3, 0.4) is 0 Å². The number of nitriles is 1. The van der Waals surface area contributed by atoms with Crippen LogP contribution in [0.15, 0.2) is 12.1 Å². The molecule has 1 heterocycles. The summed E-state index contributed by atoms with van der Waals surface area (Å²) in [5.74, 6) is 2.31. The van der Waals surface area contributed by atoms with Gasteiger partial charge < -0.3 is 10.1 Å². The van der Waals surface area contributed by atoms with Gasteiger partial charge in [0.15, 0.2) is 0 Å². The van der Waals surface area contributed by atoms with Gasteiger partial charge in [-0.1, -0.05) is 6.07 Å². The summed E-state index contributed by atoms with van der Waals surface area (Å²) < 4.78 is 5.75. The molecule has 1 fully saturated rings. The Kier molecular flexibility index (Phi) is 5.36. The van der Waals surface area contributed by atoms with Gasteiger partial charge in [0, 0.05) is 5.75 Å². The topological polar surface area (TPSA) is 62.1 Å². The Labute approximate surface area is 136 Å². The maximum atomic E-state index is 12.0. The van der Waals surface area contributed by atoms with E-state index in [1.165, 1.54) is 5.56 Å². The third-order valence-electron chi connectivity index (χ3n) is 3.97. The molecule has 1 aliphatic rings. The van der Waals surface area contributed by atoms with Crippen molar-refractivity contribution in [2.75, 3.05) is 18.1 Å². The zero-order valence-electron chi connectivity index (χ0n) is 13.4. The van der Waals surface area contributed by atoms with Crippen LogP contribution >= 0.6 is 11.8 Å². The first-order chi connectivity index (χ1) is 10.5. The van der Waals surface area contributed by atoms with Gasteiger partial charge in [0.2, 0.25) is 5.91 Å². The summed E-state index contributed by atoms with van der Waals surface area (Å²) in [6.07, 6.45) is 0.984. The second-order valence-electron chi connectivity index (χ2n) is 5.85. The number of carbonyl (C=O) groups is 1. The second-order valence-corrected chi connectivity index (χ2v) is 6.95. The number of nitrogens with one attached hydrogen (secondary N) is 1. The van der Waals surface area contributed by atoms with Crippen LogP contribution in [0.1, 0.15) is 29.5 Å². The maximum Gasteiger partial charge on any atom is 0.224 e. The predicted molar refractivity (Wildman–Crippen MR) is 89.2 cm³/mol. The van der Waals surface area contributed by atoms with E-state index in [1.807, 2.05) is 19.9 Å². The van der Waals surface area contributed by atoms with Crippen molar-refractivity contribution in [1.29, 1.82) is 5.26 Å². The summed E-state index contributed by atoms with van der Waals surface area (Å²) in [6.45, 7) is 6.42. The third kappa shape index (κ3) is 3.95. The van der Waals surface area contributed by atoms with Gasteiger partial charge in [0.25, 0.3) is 0 Å². The first kappa shape index (κ1) is 16.7. The summed E-state index contributed by atoms with van der Waals surface area (Å²) in [4.78, 5) is 12.0. The molecule has 1 aromatic carbocycles. The normalized spacial score (nSPS) is 20.5. The van der Waals surface area contributed by atoms with Gasteiger partial charge in [-0.3, -0.25) is 4.79 Å². The van der Waals surface area contributed by atoms with Crippen LogP contribution in [-0.2, 0) is 4.79 Å². The standard InChI is InChI=1S/C17H22N2O2S/c1-12-8-13(2)14(3)15(9-12)21-6-4-16(20)19-17(10-18)5-7-22-11-17/h8-9H,4-7,11H2,1-3H3,(H,19,20)/t17-/m0/s1. The molecule has 0 saturated carbocycles. The lowest BCUT2D eigenvalue weighted by atomic mass is 10.0. The molecule has 1 N–H and O–H groups in total. The fourth-order valence-corrected chi connectivity index (χ4v) is 3.78. The first-order valence-corrected chi connectivity index (χ1v) is 8.62. The highest BCUT2D eigenvalue weighted by atomic mass is 32.2. The SMILES string of the molecule is Cc1cc(C)c(C)c(OCCC(=O)N[C@]2(C#N)CCSC2)c1. The molecule has 1 atom stereocenters. The molecule has 0 radical (unpaired) electrons. The molecular weight excluding hydrogens is 296 g/mol. The molecular formula is C17H22N2O2S. The lowest BCUT2D eigenvalue weighted by Gasteiger charge is -2.21. The highest BCUT2D eigenvalue weighted by Crippen LogP contribution is 2.27. The van der Waals surface area contributed by atoms with Gasteiger partial charge in [0.1, 0.15) is 11.3 Å². The number of hydrogen-bond acceptors (Lipinski definition) is 4. The van der Waals surface area contributed by atoms with Gasteiger partial charge >= 0.3 is 0 Å². The number of benzene rings is 1. The Balaban J connectivity index is 1.86. The van der Waals surface area contributed by atoms with Gasteiger partial charge in [-0.15, -0.1) is 0 Å². The Morgan fingerprint density at radius 1 is 1.45 bits per heavy atom. The average molecular weight is 318 g/mol. The Morgan fingerprint density at radius 3 is 2.86 bits per heavy atom. The van der Waals surface area contributed by atoms with Gasteiger partial charge in [-0.2, -0.15) is 17.0 Å². The molecule has 0 unspecified atom stereocenters. The molecule has 0 bridgehead atoms. The van der Waals surface area contributed by atoms with E-state index in [-0.39, 0.29) is 12.3 Å². The van der Waals surface area contributed by atoms with E-state index in [4.69, 9.17) is 4.74 Å². The Hall–Kier alpha value is -1.67. The van der Waals surface area contributed by atoms with E-state index < -0.39 is 5.54 Å². The van der Waals surface area contributed by atoms with Crippen LogP contribution in [0.5, 0.6) is 5.75 Å². The van der Waals surface area contributed by atoms with Crippen molar-refractivity contribution in [2.45, 2.75) is 39.2 Å². The van der Waals surface area contributed by atoms with Crippen molar-refractivity contribution in [3.8, 4) is 11.8 Å². The molecule has 4 nitrogen and oxygen atoms in total. The van der Waals surface area contributed by atoms with E-state index in [0.29, 0.717) is 12.4 Å². The number of aryl methyl sites for hydroxylation is 2. The van der Waals surface area contributed by atoms with Crippen molar-refractivity contribution < 1.29 is 9.53 Å². The summed E-state index contributed by atoms with van der Waals surface area (Å²) in [5, 5.41) is 12.1. The quantitative estimate of drug-likeness (QED) is 0.907. The molecule has 1 amide bonds. The summed E-state index contributed by atoms with van der Waals surface area (Å²) in [7, 11) is 0. The molecule has 0 aliphatic carbocycles. The molecule has 2 rings (SSSR count). The number of rotatable bonds is 5. The zero-order valence-corrected chi connectivity index (χ0v) is 14.2. The van der Waals surface area contributed by atoms with Gasteiger partial charge in [0.05, 0.1) is 19.1 Å². The van der Waals surface area contributed by atoms with E-state index in [9.17, 15) is 10.1 Å². The van der Waals surface area contributed by atoms with Crippen molar-refractivity contribution in [3.63, 3.8) is 0 Å². The van der Waals surface area contributed by atoms with E-state index in [0.717, 1.165) is 29.1 Å². The molecule has 22 heavy (non-hydrogen) atoms. The number of ether oxygens (including phenoxy) is 1. The first-order valence-electron chi connectivity index (χ1n) is 7.46. The van der Waals surface area contributed by atoms with Crippen molar-refractivity contribution in [1.82, 2.24) is 5.32 Å². The zero-order chi connectivity index (χ0) is 16.2. The van der Waals surface area contributed by atoms with E-state index >= 15 is 0 Å². The van der Waals surface area contributed by atoms with Crippen LogP contribution < -0.4 is 10.1 Å². The van der Waals surface area contributed by atoms with Crippen LogP contribution in [0.25, 0.3) is 0 Å². The molecule has 0 spiro atoms. The lowest BCUT2D eigenvalue weighted by Crippen LogP contribution is -2.47. The van der Waals surface area contributed by atoms with Crippen molar-refractivity contribution in [2.24, 2.45) is 0 Å². The van der Waals surface area contributed by atoms with Crippen molar-refractivity contribution in [3.05, 3.63) is 28.8 Å². The average Bonchev–Trinajstić information content (AvgIpc) is 2.93. The Morgan fingerprint density at radius 2 is 2.23 bits per heavy atom. The number of thioether (sulfide) groups is 1. The minimum atomic E-state index is -0.683. The molecule has 1 saturated heterocycles. The van der Waals surface area contributed by atoms with Gasteiger partial charge in [-0.25, -0.2) is 0 Å².